The maximum atomic E-state index is 4.47. The highest BCUT2D eigenvalue weighted by Gasteiger charge is 2.01. The lowest BCUT2D eigenvalue weighted by Gasteiger charge is -2.06. The molecule has 0 aliphatic rings. The first-order valence-corrected chi connectivity index (χ1v) is 5.29. The number of para-hydroxylation sites is 2. The van der Waals surface area contributed by atoms with Crippen LogP contribution in [0.1, 0.15) is 5.82 Å². The highest BCUT2D eigenvalue weighted by molar-refractivity contribution is 5.74. The summed E-state index contributed by atoms with van der Waals surface area (Å²) in [6.07, 6.45) is 0. The zero-order valence-corrected chi connectivity index (χ0v) is 9.38. The lowest BCUT2D eigenvalue weighted by Crippen LogP contribution is -2.21. The summed E-state index contributed by atoms with van der Waals surface area (Å²) in [5.74, 6) is 0.929. The molecule has 1 aromatic carbocycles. The lowest BCUT2D eigenvalue weighted by molar-refractivity contribution is 0.721. The predicted molar refractivity (Wildman–Crippen MR) is 66.0 cm³/mol. The normalized spacial score (nSPS) is 10.6. The summed E-state index contributed by atoms with van der Waals surface area (Å²) in [7, 11) is 1.90. The van der Waals surface area contributed by atoms with Gasteiger partial charge in [0.1, 0.15) is 5.82 Å². The van der Waals surface area contributed by atoms with E-state index < -0.39 is 0 Å². The molecule has 0 unspecified atom stereocenters. The van der Waals surface area contributed by atoms with Crippen LogP contribution in [0.25, 0.3) is 11.0 Å². The van der Waals surface area contributed by atoms with Gasteiger partial charge in [0, 0.05) is 12.2 Å². The number of hydrogen-bond acceptors (Lipinski definition) is 3. The second-order valence-corrected chi connectivity index (χ2v) is 3.69. The predicted octanol–water partition coefficient (Wildman–Crippen LogP) is 1.39. The Kier molecular flexibility index (Phi) is 3.22. The molecule has 4 heteroatoms. The van der Waals surface area contributed by atoms with Crippen LogP contribution in [-0.2, 0) is 6.54 Å². The minimum Gasteiger partial charge on any atom is -0.381 e. The molecular formula is C12H16N4. The Morgan fingerprint density at radius 2 is 2.25 bits per heavy atom. The fourth-order valence-corrected chi connectivity index (χ4v) is 1.57. The molecule has 0 aliphatic carbocycles. The number of nitrogens with one attached hydrogen (secondary N) is 3. The Hall–Kier alpha value is -1.81. The minimum absolute atomic E-state index is 0.676. The van der Waals surface area contributed by atoms with Crippen LogP contribution in [0, 0.1) is 0 Å². The van der Waals surface area contributed by atoms with Crippen molar-refractivity contribution in [2.45, 2.75) is 6.54 Å². The molecule has 0 saturated carbocycles. The highest BCUT2D eigenvalue weighted by Crippen LogP contribution is 2.09. The van der Waals surface area contributed by atoms with Gasteiger partial charge in [-0.1, -0.05) is 18.7 Å². The van der Waals surface area contributed by atoms with E-state index in [1.165, 1.54) is 0 Å². The second-order valence-electron chi connectivity index (χ2n) is 3.69. The number of aromatic nitrogens is 2. The molecule has 0 radical (unpaired) electrons. The molecule has 0 spiro atoms. The van der Waals surface area contributed by atoms with E-state index in [4.69, 9.17) is 0 Å². The van der Waals surface area contributed by atoms with Crippen LogP contribution in [0.2, 0.25) is 0 Å². The van der Waals surface area contributed by atoms with E-state index in [1.54, 1.807) is 0 Å². The number of fused-ring (bicyclic) bond motifs is 1. The first-order chi connectivity index (χ1) is 7.79. The summed E-state index contributed by atoms with van der Waals surface area (Å²) in [4.78, 5) is 7.72. The summed E-state index contributed by atoms with van der Waals surface area (Å²) < 4.78 is 0. The molecule has 0 fully saturated rings. The Morgan fingerprint density at radius 3 is 3.00 bits per heavy atom. The fourth-order valence-electron chi connectivity index (χ4n) is 1.57. The van der Waals surface area contributed by atoms with Crippen LogP contribution < -0.4 is 10.6 Å². The van der Waals surface area contributed by atoms with Crippen molar-refractivity contribution < 1.29 is 0 Å². The summed E-state index contributed by atoms with van der Waals surface area (Å²) >= 11 is 0. The van der Waals surface area contributed by atoms with E-state index in [0.717, 1.165) is 29.1 Å². The molecule has 4 nitrogen and oxygen atoms in total. The van der Waals surface area contributed by atoms with Crippen LogP contribution in [0.5, 0.6) is 0 Å². The largest absolute Gasteiger partial charge is 0.381 e. The number of imidazole rings is 1. The Balaban J connectivity index is 2.02. The molecule has 0 saturated heterocycles. The summed E-state index contributed by atoms with van der Waals surface area (Å²) in [6.45, 7) is 5.34. The van der Waals surface area contributed by atoms with E-state index in [1.807, 2.05) is 31.3 Å². The van der Waals surface area contributed by atoms with Crippen LogP contribution in [0.4, 0.5) is 0 Å². The maximum absolute atomic E-state index is 4.47. The smallest absolute Gasteiger partial charge is 0.126 e. The van der Waals surface area contributed by atoms with Gasteiger partial charge in [-0.15, -0.1) is 0 Å². The lowest BCUT2D eigenvalue weighted by atomic mass is 10.3. The van der Waals surface area contributed by atoms with Gasteiger partial charge < -0.3 is 15.6 Å². The number of nitrogens with zero attached hydrogens (tertiary/aromatic N) is 1. The molecule has 2 rings (SSSR count). The van der Waals surface area contributed by atoms with Gasteiger partial charge in [0.05, 0.1) is 17.6 Å². The molecule has 1 heterocycles. The summed E-state index contributed by atoms with van der Waals surface area (Å²) in [5.41, 5.74) is 3.03. The Morgan fingerprint density at radius 1 is 1.44 bits per heavy atom. The van der Waals surface area contributed by atoms with Crippen molar-refractivity contribution >= 4 is 11.0 Å². The average molecular weight is 216 g/mol. The number of rotatable bonds is 5. The SMILES string of the molecule is C=C(CNC)NCc1nc2ccccc2[nH]1. The third-order valence-electron chi connectivity index (χ3n) is 2.33. The molecule has 0 aliphatic heterocycles. The monoisotopic (exact) mass is 216 g/mol. The van der Waals surface area contributed by atoms with Crippen LogP contribution in [0.3, 0.4) is 0 Å². The number of benzene rings is 1. The van der Waals surface area contributed by atoms with Gasteiger partial charge in [-0.2, -0.15) is 0 Å². The van der Waals surface area contributed by atoms with Gasteiger partial charge in [-0.25, -0.2) is 4.98 Å². The first kappa shape index (κ1) is 10.7. The number of hydrogen-bond donors (Lipinski definition) is 3. The molecule has 0 atom stereocenters. The second kappa shape index (κ2) is 4.81. The van der Waals surface area contributed by atoms with E-state index >= 15 is 0 Å². The van der Waals surface area contributed by atoms with E-state index in [-0.39, 0.29) is 0 Å². The average Bonchev–Trinajstić information content (AvgIpc) is 2.69. The van der Waals surface area contributed by atoms with Crippen molar-refractivity contribution in [1.82, 2.24) is 20.6 Å². The van der Waals surface area contributed by atoms with E-state index in [9.17, 15) is 0 Å². The van der Waals surface area contributed by atoms with Gasteiger partial charge in [0.2, 0.25) is 0 Å². The molecule has 3 N–H and O–H groups in total. The van der Waals surface area contributed by atoms with Gasteiger partial charge in [-0.05, 0) is 19.2 Å². The van der Waals surface area contributed by atoms with Crippen molar-refractivity contribution in [1.29, 1.82) is 0 Å². The van der Waals surface area contributed by atoms with Crippen molar-refractivity contribution in [3.63, 3.8) is 0 Å². The number of H-pyrrole nitrogens is 1. The first-order valence-electron chi connectivity index (χ1n) is 5.29. The van der Waals surface area contributed by atoms with Crippen LogP contribution >= 0.6 is 0 Å². The zero-order chi connectivity index (χ0) is 11.4. The van der Waals surface area contributed by atoms with Crippen molar-refractivity contribution in [3.05, 3.63) is 42.4 Å². The van der Waals surface area contributed by atoms with Crippen LogP contribution in [-0.4, -0.2) is 23.6 Å². The molecule has 0 bridgehead atoms. The Bertz CT molecular complexity index is 453. The Labute approximate surface area is 94.8 Å². The van der Waals surface area contributed by atoms with Crippen molar-refractivity contribution in [3.8, 4) is 0 Å². The third-order valence-corrected chi connectivity index (χ3v) is 2.33. The van der Waals surface area contributed by atoms with E-state index in [2.05, 4.69) is 27.2 Å². The third kappa shape index (κ3) is 2.41. The van der Waals surface area contributed by atoms with Crippen molar-refractivity contribution in [2.24, 2.45) is 0 Å². The standard InChI is InChI=1S/C12H16N4/c1-9(7-13-2)14-8-12-15-10-5-3-4-6-11(10)16-12/h3-6,13-14H,1,7-8H2,2H3,(H,15,16). The fraction of sp³-hybridized carbons (Fsp3) is 0.250. The molecule has 16 heavy (non-hydrogen) atoms. The molecular weight excluding hydrogens is 200 g/mol. The highest BCUT2D eigenvalue weighted by atomic mass is 15.0. The molecule has 2 aromatic rings. The van der Waals surface area contributed by atoms with Crippen LogP contribution in [0.15, 0.2) is 36.5 Å². The van der Waals surface area contributed by atoms with Crippen molar-refractivity contribution in [2.75, 3.05) is 13.6 Å². The number of aromatic amines is 1. The van der Waals surface area contributed by atoms with E-state index in [0.29, 0.717) is 6.54 Å². The quantitative estimate of drug-likeness (QED) is 0.708. The topological polar surface area (TPSA) is 52.7 Å². The van der Waals surface area contributed by atoms with Gasteiger partial charge in [0.25, 0.3) is 0 Å². The number of likely N-dealkylation sites (N-methyl/N-ethyl adjacent to an activating group) is 1. The molecule has 0 amide bonds. The maximum Gasteiger partial charge on any atom is 0.126 e. The minimum atomic E-state index is 0.676. The molecule has 1 aromatic heterocycles. The van der Waals surface area contributed by atoms with Gasteiger partial charge >= 0.3 is 0 Å². The van der Waals surface area contributed by atoms with Gasteiger partial charge in [0.15, 0.2) is 0 Å². The zero-order valence-electron chi connectivity index (χ0n) is 9.38. The molecule has 84 valence electrons. The summed E-state index contributed by atoms with van der Waals surface area (Å²) in [6, 6.07) is 8.00. The van der Waals surface area contributed by atoms with Gasteiger partial charge in [-0.3, -0.25) is 0 Å². The summed E-state index contributed by atoms with van der Waals surface area (Å²) in [5, 5.41) is 6.25.